The van der Waals surface area contributed by atoms with Gasteiger partial charge < -0.3 is 9.84 Å². The lowest BCUT2D eigenvalue weighted by Crippen LogP contribution is -2.13. The van der Waals surface area contributed by atoms with Gasteiger partial charge in [-0.1, -0.05) is 43.7 Å². The van der Waals surface area contributed by atoms with Crippen LogP contribution in [-0.4, -0.2) is 24.9 Å². The summed E-state index contributed by atoms with van der Waals surface area (Å²) < 4.78 is 5.62. The Morgan fingerprint density at radius 1 is 1.05 bits per heavy atom. The van der Waals surface area contributed by atoms with E-state index < -0.39 is 0 Å². The van der Waals surface area contributed by atoms with Gasteiger partial charge in [-0.05, 0) is 43.6 Å². The van der Waals surface area contributed by atoms with E-state index in [1.54, 1.807) is 0 Å². The molecule has 1 aromatic carbocycles. The van der Waals surface area contributed by atoms with Crippen LogP contribution in [0.15, 0.2) is 24.3 Å². The molecule has 0 aliphatic carbocycles. The van der Waals surface area contributed by atoms with Crippen molar-refractivity contribution in [3.05, 3.63) is 35.4 Å². The van der Waals surface area contributed by atoms with Crippen molar-refractivity contribution in [2.24, 2.45) is 11.8 Å². The second kappa shape index (κ2) is 9.11. The Hall–Kier alpha value is -0.860. The first-order valence-corrected chi connectivity index (χ1v) is 7.36. The van der Waals surface area contributed by atoms with Crippen molar-refractivity contribution in [3.8, 4) is 0 Å². The molecule has 1 unspecified atom stereocenters. The van der Waals surface area contributed by atoms with Crippen LogP contribution in [0.3, 0.4) is 0 Å². The average molecular weight is 264 g/mol. The highest BCUT2D eigenvalue weighted by Gasteiger charge is 2.08. The number of benzene rings is 1. The van der Waals surface area contributed by atoms with Crippen molar-refractivity contribution in [2.75, 3.05) is 19.8 Å². The van der Waals surface area contributed by atoms with Gasteiger partial charge in [-0.15, -0.1) is 0 Å². The molecule has 0 aromatic heterocycles. The van der Waals surface area contributed by atoms with Crippen LogP contribution in [0.25, 0.3) is 0 Å². The molecule has 0 bridgehead atoms. The van der Waals surface area contributed by atoms with Crippen molar-refractivity contribution in [1.29, 1.82) is 0 Å². The molecule has 0 spiro atoms. The Balaban J connectivity index is 2.24. The molecule has 0 saturated carbocycles. The average Bonchev–Trinajstić information content (AvgIpc) is 2.39. The summed E-state index contributed by atoms with van der Waals surface area (Å²) in [5.41, 5.74) is 2.58. The molecule has 1 N–H and O–H groups in total. The lowest BCUT2D eigenvalue weighted by atomic mass is 9.97. The summed E-state index contributed by atoms with van der Waals surface area (Å²) in [6.45, 7) is 8.33. The number of hydrogen-bond acceptors (Lipinski definition) is 2. The van der Waals surface area contributed by atoms with E-state index in [9.17, 15) is 5.11 Å². The SMILES string of the molecule is Cc1ccc(CC(CO)CCOCCC(C)C)cc1. The Bertz CT molecular complexity index is 330. The summed E-state index contributed by atoms with van der Waals surface area (Å²) in [4.78, 5) is 0. The van der Waals surface area contributed by atoms with Crippen LogP contribution in [-0.2, 0) is 11.2 Å². The van der Waals surface area contributed by atoms with Gasteiger partial charge in [0.15, 0.2) is 0 Å². The van der Waals surface area contributed by atoms with Crippen LogP contribution in [0.5, 0.6) is 0 Å². The fraction of sp³-hybridized carbons (Fsp3) is 0.647. The van der Waals surface area contributed by atoms with Gasteiger partial charge in [0.25, 0.3) is 0 Å². The Morgan fingerprint density at radius 2 is 1.68 bits per heavy atom. The monoisotopic (exact) mass is 264 g/mol. The van der Waals surface area contributed by atoms with E-state index in [0.717, 1.165) is 32.5 Å². The molecule has 0 aliphatic rings. The van der Waals surface area contributed by atoms with Crippen molar-refractivity contribution in [3.63, 3.8) is 0 Å². The van der Waals surface area contributed by atoms with Gasteiger partial charge in [-0.3, -0.25) is 0 Å². The van der Waals surface area contributed by atoms with Gasteiger partial charge in [-0.2, -0.15) is 0 Å². The molecule has 108 valence electrons. The Kier molecular flexibility index (Phi) is 7.76. The lowest BCUT2D eigenvalue weighted by molar-refractivity contribution is 0.0984. The van der Waals surface area contributed by atoms with Crippen LogP contribution in [0.2, 0.25) is 0 Å². The minimum atomic E-state index is 0.238. The topological polar surface area (TPSA) is 29.5 Å². The zero-order valence-electron chi connectivity index (χ0n) is 12.6. The predicted octanol–water partition coefficient (Wildman–Crippen LogP) is 3.60. The summed E-state index contributed by atoms with van der Waals surface area (Å²) >= 11 is 0. The molecule has 0 amide bonds. The lowest BCUT2D eigenvalue weighted by Gasteiger charge is -2.15. The molecule has 2 nitrogen and oxygen atoms in total. The summed E-state index contributed by atoms with van der Waals surface area (Å²) in [6.07, 6.45) is 2.98. The maximum atomic E-state index is 9.43. The third-order valence-electron chi connectivity index (χ3n) is 3.41. The van der Waals surface area contributed by atoms with Crippen molar-refractivity contribution >= 4 is 0 Å². The third kappa shape index (κ3) is 7.34. The van der Waals surface area contributed by atoms with Gasteiger partial charge in [0, 0.05) is 19.8 Å². The van der Waals surface area contributed by atoms with E-state index in [-0.39, 0.29) is 6.61 Å². The molecule has 2 heteroatoms. The fourth-order valence-corrected chi connectivity index (χ4v) is 1.99. The molecule has 1 atom stereocenters. The van der Waals surface area contributed by atoms with Crippen LogP contribution in [0.4, 0.5) is 0 Å². The molecular formula is C17H28O2. The van der Waals surface area contributed by atoms with Gasteiger partial charge in [-0.25, -0.2) is 0 Å². The molecule has 0 radical (unpaired) electrons. The van der Waals surface area contributed by atoms with Crippen molar-refractivity contribution in [1.82, 2.24) is 0 Å². The number of rotatable bonds is 9. The van der Waals surface area contributed by atoms with Gasteiger partial charge in [0.05, 0.1) is 0 Å². The predicted molar refractivity (Wildman–Crippen MR) is 80.3 cm³/mol. The third-order valence-corrected chi connectivity index (χ3v) is 3.41. The number of aliphatic hydroxyl groups excluding tert-OH is 1. The first-order chi connectivity index (χ1) is 9.11. The molecule has 0 saturated heterocycles. The number of aliphatic hydroxyl groups is 1. The second-order valence-corrected chi connectivity index (χ2v) is 5.82. The zero-order chi connectivity index (χ0) is 14.1. The van der Waals surface area contributed by atoms with E-state index in [4.69, 9.17) is 4.74 Å². The smallest absolute Gasteiger partial charge is 0.0469 e. The van der Waals surface area contributed by atoms with E-state index in [2.05, 4.69) is 45.0 Å². The van der Waals surface area contributed by atoms with E-state index >= 15 is 0 Å². The molecule has 0 heterocycles. The van der Waals surface area contributed by atoms with Gasteiger partial charge in [0.1, 0.15) is 0 Å². The summed E-state index contributed by atoms with van der Waals surface area (Å²) in [5, 5.41) is 9.43. The first-order valence-electron chi connectivity index (χ1n) is 7.36. The van der Waals surface area contributed by atoms with Gasteiger partial charge in [0.2, 0.25) is 0 Å². The van der Waals surface area contributed by atoms with Crippen LogP contribution in [0, 0.1) is 18.8 Å². The number of aryl methyl sites for hydroxylation is 1. The molecule has 1 aromatic rings. The summed E-state index contributed by atoms with van der Waals surface area (Å²) in [7, 11) is 0. The fourth-order valence-electron chi connectivity index (χ4n) is 1.99. The summed E-state index contributed by atoms with van der Waals surface area (Å²) in [5.74, 6) is 1.00. The van der Waals surface area contributed by atoms with E-state index in [0.29, 0.717) is 11.8 Å². The minimum Gasteiger partial charge on any atom is -0.396 e. The van der Waals surface area contributed by atoms with E-state index in [1.165, 1.54) is 11.1 Å². The van der Waals surface area contributed by atoms with E-state index in [1.807, 2.05) is 0 Å². The zero-order valence-corrected chi connectivity index (χ0v) is 12.6. The highest BCUT2D eigenvalue weighted by Crippen LogP contribution is 2.13. The standard InChI is InChI=1S/C17H28O2/c1-14(2)8-10-19-11-9-17(13-18)12-16-6-4-15(3)5-7-16/h4-7,14,17-18H,8-13H2,1-3H3. The molecule has 1 rings (SSSR count). The Labute approximate surface area is 117 Å². The highest BCUT2D eigenvalue weighted by molar-refractivity contribution is 5.21. The molecule has 0 aliphatic heterocycles. The molecule has 0 fully saturated rings. The normalized spacial score (nSPS) is 12.9. The molecular weight excluding hydrogens is 236 g/mol. The second-order valence-electron chi connectivity index (χ2n) is 5.82. The van der Waals surface area contributed by atoms with Crippen molar-refractivity contribution < 1.29 is 9.84 Å². The largest absolute Gasteiger partial charge is 0.396 e. The number of hydrogen-bond donors (Lipinski definition) is 1. The minimum absolute atomic E-state index is 0.238. The van der Waals surface area contributed by atoms with Crippen LogP contribution in [0.1, 0.15) is 37.8 Å². The van der Waals surface area contributed by atoms with Crippen LogP contribution >= 0.6 is 0 Å². The number of ether oxygens (including phenoxy) is 1. The molecule has 19 heavy (non-hydrogen) atoms. The highest BCUT2D eigenvalue weighted by atomic mass is 16.5. The van der Waals surface area contributed by atoms with Gasteiger partial charge >= 0.3 is 0 Å². The first kappa shape index (κ1) is 16.2. The van der Waals surface area contributed by atoms with Crippen molar-refractivity contribution in [2.45, 2.75) is 40.0 Å². The maximum absolute atomic E-state index is 9.43. The summed E-state index contributed by atoms with van der Waals surface area (Å²) in [6, 6.07) is 8.56. The Morgan fingerprint density at radius 3 is 2.26 bits per heavy atom. The quantitative estimate of drug-likeness (QED) is 0.691. The maximum Gasteiger partial charge on any atom is 0.0469 e. The van der Waals surface area contributed by atoms with Crippen LogP contribution < -0.4 is 0 Å².